The fourth-order valence-electron chi connectivity index (χ4n) is 10.4. The van der Waals surface area contributed by atoms with E-state index in [-0.39, 0.29) is 0 Å². The van der Waals surface area contributed by atoms with Gasteiger partial charge in [-0.05, 0) is 117 Å². The molecule has 9 aromatic carbocycles. The molecule has 11 aromatic rings. The Balaban J connectivity index is 1.05. The van der Waals surface area contributed by atoms with Crippen molar-refractivity contribution in [2.75, 3.05) is 0 Å². The van der Waals surface area contributed by atoms with E-state index in [1.807, 2.05) is 11.8 Å². The second-order valence-electron chi connectivity index (χ2n) is 15.6. The Kier molecular flexibility index (Phi) is 6.62. The fraction of sp³-hybridized carbons (Fsp3) is 0.0182. The van der Waals surface area contributed by atoms with Gasteiger partial charge in [0.2, 0.25) is 0 Å². The van der Waals surface area contributed by atoms with Gasteiger partial charge in [0.1, 0.15) is 0 Å². The van der Waals surface area contributed by atoms with E-state index >= 15 is 0 Å². The van der Waals surface area contributed by atoms with Gasteiger partial charge < -0.3 is 9.13 Å². The number of hydrogen-bond donors (Lipinski definition) is 0. The smallest absolute Gasteiger partial charge is 0.0736 e. The Bertz CT molecular complexity index is 3380. The molecule has 0 bridgehead atoms. The van der Waals surface area contributed by atoms with E-state index in [0.29, 0.717) is 0 Å². The van der Waals surface area contributed by atoms with Crippen LogP contribution in [0.1, 0.15) is 22.3 Å². The van der Waals surface area contributed by atoms with Crippen molar-refractivity contribution in [3.63, 3.8) is 0 Å². The number of rotatable bonds is 3. The highest BCUT2D eigenvalue weighted by Gasteiger charge is 2.50. The third kappa shape index (κ3) is 4.23. The second-order valence-corrected chi connectivity index (χ2v) is 16.7. The molecule has 0 N–H and O–H groups in total. The molecule has 0 radical (unpaired) electrons. The summed E-state index contributed by atoms with van der Waals surface area (Å²) >= 11 is 1.89. The molecular formula is C55H34N2S. The van der Waals surface area contributed by atoms with Crippen LogP contribution in [0.3, 0.4) is 0 Å². The Labute approximate surface area is 340 Å². The summed E-state index contributed by atoms with van der Waals surface area (Å²) in [5.74, 6) is 0. The summed E-state index contributed by atoms with van der Waals surface area (Å²) in [6.07, 6.45) is 0. The quantitative estimate of drug-likeness (QED) is 0.175. The molecule has 1 aliphatic carbocycles. The van der Waals surface area contributed by atoms with Gasteiger partial charge in [0.25, 0.3) is 0 Å². The van der Waals surface area contributed by atoms with E-state index in [1.54, 1.807) is 0 Å². The number of aromatic nitrogens is 2. The maximum Gasteiger partial charge on any atom is 0.0736 e. The molecular weight excluding hydrogens is 721 g/mol. The van der Waals surface area contributed by atoms with E-state index < -0.39 is 5.41 Å². The third-order valence-corrected chi connectivity index (χ3v) is 13.9. The van der Waals surface area contributed by atoms with Crippen molar-refractivity contribution < 1.29 is 0 Å². The average molecular weight is 755 g/mol. The minimum Gasteiger partial charge on any atom is -0.309 e. The van der Waals surface area contributed by atoms with E-state index in [9.17, 15) is 0 Å². The van der Waals surface area contributed by atoms with Gasteiger partial charge in [0, 0.05) is 42.7 Å². The van der Waals surface area contributed by atoms with Gasteiger partial charge in [-0.1, -0.05) is 145 Å². The van der Waals surface area contributed by atoms with E-state index in [4.69, 9.17) is 0 Å². The predicted octanol–water partition coefficient (Wildman–Crippen LogP) is 14.4. The monoisotopic (exact) mass is 754 g/mol. The lowest BCUT2D eigenvalue weighted by molar-refractivity contribution is 0.723. The molecule has 1 aliphatic heterocycles. The van der Waals surface area contributed by atoms with Crippen LogP contribution in [-0.4, -0.2) is 9.13 Å². The van der Waals surface area contributed by atoms with Gasteiger partial charge in [-0.15, -0.1) is 0 Å². The molecule has 0 fully saturated rings. The molecule has 58 heavy (non-hydrogen) atoms. The fourth-order valence-corrected chi connectivity index (χ4v) is 11.6. The van der Waals surface area contributed by atoms with E-state index in [0.717, 1.165) is 11.4 Å². The molecule has 1 spiro atoms. The normalized spacial score (nSPS) is 13.6. The summed E-state index contributed by atoms with van der Waals surface area (Å²) in [5.41, 5.74) is 17.2. The predicted molar refractivity (Wildman–Crippen MR) is 242 cm³/mol. The number of para-hydroxylation sites is 3. The van der Waals surface area contributed by atoms with Gasteiger partial charge >= 0.3 is 0 Å². The molecule has 3 heterocycles. The number of nitrogens with zero attached hydrogens (tertiary/aromatic N) is 2. The van der Waals surface area contributed by atoms with E-state index in [2.05, 4.69) is 215 Å². The standard InChI is InChI=1S/C55H34N2S/c1-2-14-37(15-3-1)57-51-31-28-36(35-26-29-38(30-27-35)56-49-22-10-5-17-40(49)41-18-6-11-23-50(41)56)32-43(51)44-33-42-39-16-4-7-19-45(39)55(48(42)34-52(44)57)46-20-8-12-24-53(46)58-54-25-13-9-21-47(54)55/h1-34H. The minimum absolute atomic E-state index is 0.431. The maximum absolute atomic E-state index is 2.53. The maximum atomic E-state index is 2.53. The van der Waals surface area contributed by atoms with Crippen molar-refractivity contribution >= 4 is 55.4 Å². The van der Waals surface area contributed by atoms with Gasteiger partial charge in [0.15, 0.2) is 0 Å². The second kappa shape index (κ2) is 12.0. The lowest BCUT2D eigenvalue weighted by Gasteiger charge is -2.39. The van der Waals surface area contributed by atoms with Crippen LogP contribution >= 0.6 is 11.8 Å². The first-order valence-electron chi connectivity index (χ1n) is 20.0. The van der Waals surface area contributed by atoms with Gasteiger partial charge in [-0.2, -0.15) is 0 Å². The van der Waals surface area contributed by atoms with E-state index in [1.165, 1.54) is 97.9 Å². The lowest BCUT2D eigenvalue weighted by atomic mass is 9.67. The Morgan fingerprint density at radius 3 is 1.53 bits per heavy atom. The summed E-state index contributed by atoms with van der Waals surface area (Å²) in [6, 6.07) is 76.7. The molecule has 2 nitrogen and oxygen atoms in total. The molecule has 2 aromatic heterocycles. The highest BCUT2D eigenvalue weighted by molar-refractivity contribution is 7.99. The SMILES string of the molecule is c1ccc(-n2c3ccc(-c4ccc(-n5c6ccccc6c6ccccc65)cc4)cc3c3cc4c(cc32)C2(c3ccccc3Sc3ccccc32)c2ccccc2-4)cc1. The van der Waals surface area contributed by atoms with Crippen LogP contribution in [0.15, 0.2) is 216 Å². The van der Waals surface area contributed by atoms with Gasteiger partial charge in [-0.25, -0.2) is 0 Å². The van der Waals surface area contributed by atoms with Crippen LogP contribution < -0.4 is 0 Å². The van der Waals surface area contributed by atoms with Crippen molar-refractivity contribution in [1.29, 1.82) is 0 Å². The summed E-state index contributed by atoms with van der Waals surface area (Å²) in [4.78, 5) is 2.64. The summed E-state index contributed by atoms with van der Waals surface area (Å²) in [7, 11) is 0. The summed E-state index contributed by atoms with van der Waals surface area (Å²) < 4.78 is 4.87. The van der Waals surface area contributed by atoms with Gasteiger partial charge in [-0.3, -0.25) is 0 Å². The molecule has 0 saturated heterocycles. The first-order valence-corrected chi connectivity index (χ1v) is 20.8. The zero-order valence-corrected chi connectivity index (χ0v) is 32.2. The van der Waals surface area contributed by atoms with Crippen LogP contribution in [0.2, 0.25) is 0 Å². The molecule has 0 atom stereocenters. The van der Waals surface area contributed by atoms with Crippen molar-refractivity contribution in [3.8, 4) is 33.6 Å². The first-order chi connectivity index (χ1) is 28.8. The van der Waals surface area contributed by atoms with Crippen molar-refractivity contribution in [3.05, 3.63) is 229 Å². The minimum atomic E-state index is -0.431. The molecule has 0 unspecified atom stereocenters. The van der Waals surface area contributed by atoms with Crippen LogP contribution in [0.4, 0.5) is 0 Å². The molecule has 3 heteroatoms. The molecule has 2 aliphatic rings. The Morgan fingerprint density at radius 2 is 0.828 bits per heavy atom. The number of benzene rings is 9. The highest BCUT2D eigenvalue weighted by atomic mass is 32.2. The Morgan fingerprint density at radius 1 is 0.310 bits per heavy atom. The van der Waals surface area contributed by atoms with Crippen LogP contribution in [-0.2, 0) is 5.41 Å². The molecule has 0 saturated carbocycles. The highest BCUT2D eigenvalue weighted by Crippen LogP contribution is 2.62. The van der Waals surface area contributed by atoms with Crippen LogP contribution in [0.25, 0.3) is 77.2 Å². The van der Waals surface area contributed by atoms with Crippen molar-refractivity contribution in [2.45, 2.75) is 15.2 Å². The lowest BCUT2D eigenvalue weighted by Crippen LogP contribution is -2.31. The van der Waals surface area contributed by atoms with Crippen molar-refractivity contribution in [2.24, 2.45) is 0 Å². The zero-order chi connectivity index (χ0) is 38.0. The third-order valence-electron chi connectivity index (χ3n) is 12.8. The summed E-state index contributed by atoms with van der Waals surface area (Å²) in [5, 5.41) is 5.07. The largest absolute Gasteiger partial charge is 0.309 e. The van der Waals surface area contributed by atoms with Crippen molar-refractivity contribution in [1.82, 2.24) is 9.13 Å². The Hall–Kier alpha value is -7.07. The topological polar surface area (TPSA) is 9.86 Å². The van der Waals surface area contributed by atoms with Crippen LogP contribution in [0, 0.1) is 0 Å². The molecule has 0 amide bonds. The zero-order valence-electron chi connectivity index (χ0n) is 31.4. The summed E-state index contributed by atoms with van der Waals surface area (Å²) in [6.45, 7) is 0. The first kappa shape index (κ1) is 32.1. The number of hydrogen-bond acceptors (Lipinski definition) is 1. The average Bonchev–Trinajstić information content (AvgIpc) is 3.90. The molecule has 13 rings (SSSR count). The molecule has 270 valence electrons. The number of fused-ring (bicyclic) bond motifs is 15. The van der Waals surface area contributed by atoms with Crippen LogP contribution in [0.5, 0.6) is 0 Å². The van der Waals surface area contributed by atoms with Gasteiger partial charge in [0.05, 0.1) is 27.5 Å².